The molecule has 0 radical (unpaired) electrons. The molecule has 3 rings (SSSR count). The van der Waals surface area contributed by atoms with Crippen molar-refractivity contribution < 1.29 is 9.53 Å². The molecule has 27 heavy (non-hydrogen) atoms. The smallest absolute Gasteiger partial charge is 0.230 e. The van der Waals surface area contributed by atoms with Crippen molar-refractivity contribution >= 4 is 17.7 Å². The van der Waals surface area contributed by atoms with Crippen LogP contribution in [0.15, 0.2) is 35.5 Å². The summed E-state index contributed by atoms with van der Waals surface area (Å²) in [6, 6.07) is 10.3. The summed E-state index contributed by atoms with van der Waals surface area (Å²) >= 11 is 1.45. The lowest BCUT2D eigenvalue weighted by molar-refractivity contribution is -0.118. The molecule has 0 aliphatic carbocycles. The fourth-order valence-corrected chi connectivity index (χ4v) is 3.89. The molecular weight excluding hydrogens is 360 g/mol. The van der Waals surface area contributed by atoms with E-state index in [9.17, 15) is 4.79 Å². The van der Waals surface area contributed by atoms with Gasteiger partial charge in [-0.2, -0.15) is 0 Å². The maximum absolute atomic E-state index is 12.0. The highest BCUT2D eigenvalue weighted by Crippen LogP contribution is 2.22. The first-order valence-corrected chi connectivity index (χ1v) is 10.7. The molecule has 1 N–H and O–H groups in total. The maximum Gasteiger partial charge on any atom is 0.230 e. The van der Waals surface area contributed by atoms with Crippen LogP contribution in [0, 0.1) is 0 Å². The van der Waals surface area contributed by atoms with E-state index in [0.29, 0.717) is 5.75 Å². The van der Waals surface area contributed by atoms with E-state index in [2.05, 4.69) is 39.1 Å². The maximum atomic E-state index is 12.0. The molecular formula is C20H28N4O2S. The number of ether oxygens (including phenoxy) is 1. The van der Waals surface area contributed by atoms with E-state index >= 15 is 0 Å². The first kappa shape index (κ1) is 19.9. The Bertz CT molecular complexity index is 714. The number of benzene rings is 1. The van der Waals surface area contributed by atoms with Gasteiger partial charge in [-0.05, 0) is 24.8 Å². The summed E-state index contributed by atoms with van der Waals surface area (Å²) in [5.41, 5.74) is 1.20. The van der Waals surface area contributed by atoms with Gasteiger partial charge in [-0.3, -0.25) is 4.79 Å². The van der Waals surface area contributed by atoms with Crippen LogP contribution in [0.25, 0.3) is 0 Å². The molecule has 1 atom stereocenters. The molecule has 1 saturated heterocycles. The summed E-state index contributed by atoms with van der Waals surface area (Å²) < 4.78 is 7.94. The topological polar surface area (TPSA) is 69.0 Å². The van der Waals surface area contributed by atoms with Gasteiger partial charge in [0.2, 0.25) is 5.91 Å². The molecule has 1 fully saturated rings. The van der Waals surface area contributed by atoms with Crippen LogP contribution in [0.3, 0.4) is 0 Å². The molecule has 1 aliphatic heterocycles. The average Bonchev–Trinajstić information content (AvgIpc) is 3.32. The Labute approximate surface area is 165 Å². The Kier molecular flexibility index (Phi) is 7.71. The van der Waals surface area contributed by atoms with Crippen molar-refractivity contribution in [2.75, 3.05) is 18.9 Å². The quantitative estimate of drug-likeness (QED) is 0.500. The number of nitrogens with one attached hydrogen (secondary N) is 1. The molecule has 0 bridgehead atoms. The number of nitrogens with zero attached hydrogens (tertiary/aromatic N) is 3. The van der Waals surface area contributed by atoms with E-state index in [-0.39, 0.29) is 12.0 Å². The Morgan fingerprint density at radius 3 is 2.93 bits per heavy atom. The lowest BCUT2D eigenvalue weighted by Crippen LogP contribution is -2.26. The van der Waals surface area contributed by atoms with Gasteiger partial charge in [0, 0.05) is 19.6 Å². The number of unbranched alkanes of at least 4 members (excludes halogenated alkanes) is 1. The number of hydrogen-bond donors (Lipinski definition) is 1. The third-order valence-electron chi connectivity index (χ3n) is 4.59. The van der Waals surface area contributed by atoms with E-state index in [0.717, 1.165) is 62.8 Å². The van der Waals surface area contributed by atoms with Crippen molar-refractivity contribution in [3.8, 4) is 0 Å². The van der Waals surface area contributed by atoms with Crippen molar-refractivity contribution in [1.82, 2.24) is 20.1 Å². The van der Waals surface area contributed by atoms with Gasteiger partial charge in [-0.1, -0.05) is 55.4 Å². The van der Waals surface area contributed by atoms with Gasteiger partial charge < -0.3 is 14.6 Å². The number of aromatic nitrogens is 3. The molecule has 2 aromatic rings. The number of rotatable bonds is 10. The standard InChI is InChI=1S/C20H28N4O2S/c1-2-3-11-21-19(25)15-27-20-23-22-18(13-16-8-5-4-6-9-16)24(20)14-17-10-7-12-26-17/h4-6,8-9,17H,2-3,7,10-15H2,1H3,(H,21,25). The number of carbonyl (C=O) groups excluding carboxylic acids is 1. The van der Waals surface area contributed by atoms with Crippen molar-refractivity contribution in [2.45, 2.75) is 56.8 Å². The summed E-state index contributed by atoms with van der Waals surface area (Å²) in [6.07, 6.45) is 5.17. The minimum atomic E-state index is 0.0460. The van der Waals surface area contributed by atoms with E-state index in [4.69, 9.17) is 4.74 Å². The number of amides is 1. The third kappa shape index (κ3) is 6.07. The highest BCUT2D eigenvalue weighted by molar-refractivity contribution is 7.99. The van der Waals surface area contributed by atoms with E-state index in [1.54, 1.807) is 0 Å². The first-order valence-electron chi connectivity index (χ1n) is 9.73. The normalized spacial score (nSPS) is 16.6. The second-order valence-electron chi connectivity index (χ2n) is 6.80. The van der Waals surface area contributed by atoms with Crippen LogP contribution in [0.2, 0.25) is 0 Å². The Balaban J connectivity index is 1.67. The van der Waals surface area contributed by atoms with Gasteiger partial charge in [0.15, 0.2) is 5.16 Å². The van der Waals surface area contributed by atoms with Crippen molar-refractivity contribution in [2.24, 2.45) is 0 Å². The lowest BCUT2D eigenvalue weighted by Gasteiger charge is -2.14. The molecule has 1 aliphatic rings. The van der Waals surface area contributed by atoms with Gasteiger partial charge in [-0.25, -0.2) is 0 Å². The molecule has 1 aromatic heterocycles. The fourth-order valence-electron chi connectivity index (χ4n) is 3.10. The van der Waals surface area contributed by atoms with Gasteiger partial charge in [0.25, 0.3) is 0 Å². The van der Waals surface area contributed by atoms with Crippen LogP contribution in [0.5, 0.6) is 0 Å². The second-order valence-corrected chi connectivity index (χ2v) is 7.74. The van der Waals surface area contributed by atoms with Gasteiger partial charge in [-0.15, -0.1) is 10.2 Å². The molecule has 2 heterocycles. The lowest BCUT2D eigenvalue weighted by atomic mass is 10.1. The summed E-state index contributed by atoms with van der Waals surface area (Å²) in [4.78, 5) is 12.0. The van der Waals surface area contributed by atoms with Gasteiger partial charge in [0.05, 0.1) is 18.4 Å². The third-order valence-corrected chi connectivity index (χ3v) is 5.56. The van der Waals surface area contributed by atoms with Crippen LogP contribution < -0.4 is 5.32 Å². The Morgan fingerprint density at radius 2 is 2.19 bits per heavy atom. The fraction of sp³-hybridized carbons (Fsp3) is 0.550. The molecule has 146 valence electrons. The first-order chi connectivity index (χ1) is 13.3. The predicted octanol–water partition coefficient (Wildman–Crippen LogP) is 3.06. The minimum absolute atomic E-state index is 0.0460. The van der Waals surface area contributed by atoms with Crippen molar-refractivity contribution in [3.05, 3.63) is 41.7 Å². The van der Waals surface area contributed by atoms with Gasteiger partial charge in [0.1, 0.15) is 5.82 Å². The average molecular weight is 389 g/mol. The second kappa shape index (κ2) is 10.5. The largest absolute Gasteiger partial charge is 0.376 e. The summed E-state index contributed by atoms with van der Waals surface area (Å²) in [6.45, 7) is 4.42. The van der Waals surface area contributed by atoms with Crippen LogP contribution in [-0.4, -0.2) is 45.7 Å². The highest BCUT2D eigenvalue weighted by Gasteiger charge is 2.21. The molecule has 1 amide bonds. The van der Waals surface area contributed by atoms with Gasteiger partial charge >= 0.3 is 0 Å². The van der Waals surface area contributed by atoms with E-state index < -0.39 is 0 Å². The highest BCUT2D eigenvalue weighted by atomic mass is 32.2. The number of thioether (sulfide) groups is 1. The van der Waals surface area contributed by atoms with Crippen LogP contribution >= 0.6 is 11.8 Å². The molecule has 0 saturated carbocycles. The number of carbonyl (C=O) groups is 1. The predicted molar refractivity (Wildman–Crippen MR) is 107 cm³/mol. The zero-order chi connectivity index (χ0) is 18.9. The molecule has 0 spiro atoms. The monoisotopic (exact) mass is 388 g/mol. The van der Waals surface area contributed by atoms with Crippen LogP contribution in [0.4, 0.5) is 0 Å². The molecule has 1 aromatic carbocycles. The van der Waals surface area contributed by atoms with Crippen LogP contribution in [-0.2, 0) is 22.5 Å². The Hall–Kier alpha value is -1.86. The van der Waals surface area contributed by atoms with Crippen molar-refractivity contribution in [3.63, 3.8) is 0 Å². The zero-order valence-corrected chi connectivity index (χ0v) is 16.7. The zero-order valence-electron chi connectivity index (χ0n) is 15.9. The Morgan fingerprint density at radius 1 is 1.33 bits per heavy atom. The summed E-state index contributed by atoms with van der Waals surface area (Å²) in [7, 11) is 0. The minimum Gasteiger partial charge on any atom is -0.376 e. The molecule has 6 nitrogen and oxygen atoms in total. The molecule has 7 heteroatoms. The van der Waals surface area contributed by atoms with E-state index in [1.807, 2.05) is 18.2 Å². The summed E-state index contributed by atoms with van der Waals surface area (Å²) in [5, 5.41) is 12.5. The number of hydrogen-bond acceptors (Lipinski definition) is 5. The molecule has 1 unspecified atom stereocenters. The van der Waals surface area contributed by atoms with Crippen molar-refractivity contribution in [1.29, 1.82) is 0 Å². The van der Waals surface area contributed by atoms with E-state index in [1.165, 1.54) is 17.3 Å². The summed E-state index contributed by atoms with van der Waals surface area (Å²) in [5.74, 6) is 1.33. The SMILES string of the molecule is CCCCNC(=O)CSc1nnc(Cc2ccccc2)n1CC1CCCO1. The van der Waals surface area contributed by atoms with Crippen LogP contribution in [0.1, 0.15) is 44.0 Å².